The molecule has 3 rings (SSSR count). The third-order valence-corrected chi connectivity index (χ3v) is 3.97. The van der Waals surface area contributed by atoms with E-state index in [2.05, 4.69) is 15.6 Å². The number of halogens is 1. The van der Waals surface area contributed by atoms with Crippen LogP contribution in [0.1, 0.15) is 34.3 Å². The maximum absolute atomic E-state index is 13.0. The molecule has 2 aromatic rings. The molecule has 0 bridgehead atoms. The smallest absolute Gasteiger partial charge is 0.253 e. The zero-order valence-corrected chi connectivity index (χ0v) is 13.1. The molecule has 2 heterocycles. The molecule has 1 aromatic heterocycles. The Labute approximate surface area is 139 Å². The van der Waals surface area contributed by atoms with Crippen molar-refractivity contribution in [3.05, 3.63) is 65.2 Å². The van der Waals surface area contributed by atoms with E-state index in [4.69, 9.17) is 0 Å². The van der Waals surface area contributed by atoms with Gasteiger partial charge >= 0.3 is 0 Å². The number of carbonyl (C=O) groups excluding carboxylic acids is 2. The second-order valence-electron chi connectivity index (χ2n) is 5.84. The predicted octanol–water partition coefficient (Wildman–Crippen LogP) is 1.82. The first-order chi connectivity index (χ1) is 11.6. The van der Waals surface area contributed by atoms with E-state index in [1.165, 1.54) is 18.3 Å². The number of carbonyl (C=O) groups is 2. The van der Waals surface area contributed by atoms with E-state index in [9.17, 15) is 14.0 Å². The number of aromatic nitrogens is 1. The third kappa shape index (κ3) is 3.95. The van der Waals surface area contributed by atoms with Gasteiger partial charge in [0.25, 0.3) is 5.91 Å². The van der Waals surface area contributed by atoms with Gasteiger partial charge in [0.15, 0.2) is 0 Å². The molecule has 1 unspecified atom stereocenters. The molecule has 1 aliphatic heterocycles. The van der Waals surface area contributed by atoms with Crippen molar-refractivity contribution in [2.24, 2.45) is 0 Å². The lowest BCUT2D eigenvalue weighted by Crippen LogP contribution is -2.50. The first-order valence-electron chi connectivity index (χ1n) is 7.89. The summed E-state index contributed by atoms with van der Waals surface area (Å²) in [6, 6.07) is 7.46. The minimum atomic E-state index is -0.494. The molecule has 0 spiro atoms. The normalized spacial score (nSPS) is 17.2. The Balaban J connectivity index is 1.68. The summed E-state index contributed by atoms with van der Waals surface area (Å²) in [5, 5.41) is 5.48. The summed E-state index contributed by atoms with van der Waals surface area (Å²) in [7, 11) is 0. The standard InChI is InChI=1S/C18H18FN3O2/c19-15-5-3-12(4-6-15)8-13-9-14(11-20-10-13)17(23)22-16-2-1-7-21-18(16)24/h3-6,9-11,16H,1-2,7-8H2,(H,21,24)(H,22,23). The van der Waals surface area contributed by atoms with Gasteiger partial charge in [-0.2, -0.15) is 0 Å². The molecule has 1 aliphatic rings. The van der Waals surface area contributed by atoms with Crippen LogP contribution >= 0.6 is 0 Å². The van der Waals surface area contributed by atoms with Crippen molar-refractivity contribution in [2.75, 3.05) is 6.54 Å². The van der Waals surface area contributed by atoms with Gasteiger partial charge in [0.05, 0.1) is 5.56 Å². The van der Waals surface area contributed by atoms with Gasteiger partial charge in [0, 0.05) is 18.9 Å². The van der Waals surface area contributed by atoms with Gasteiger partial charge in [-0.05, 0) is 48.6 Å². The van der Waals surface area contributed by atoms with E-state index >= 15 is 0 Å². The molecule has 5 nitrogen and oxygen atoms in total. The van der Waals surface area contributed by atoms with E-state index in [0.717, 1.165) is 17.5 Å². The monoisotopic (exact) mass is 327 g/mol. The van der Waals surface area contributed by atoms with E-state index in [-0.39, 0.29) is 17.6 Å². The molecule has 1 aromatic carbocycles. The molecule has 2 N–H and O–H groups in total. The fraction of sp³-hybridized carbons (Fsp3) is 0.278. The van der Waals surface area contributed by atoms with Gasteiger partial charge in [0.2, 0.25) is 5.91 Å². The van der Waals surface area contributed by atoms with E-state index < -0.39 is 6.04 Å². The number of benzene rings is 1. The molecule has 6 heteroatoms. The van der Waals surface area contributed by atoms with Crippen LogP contribution in [0.5, 0.6) is 0 Å². The average molecular weight is 327 g/mol. The van der Waals surface area contributed by atoms with Crippen LogP contribution in [0.25, 0.3) is 0 Å². The van der Waals surface area contributed by atoms with Crippen molar-refractivity contribution in [3.63, 3.8) is 0 Å². The summed E-state index contributed by atoms with van der Waals surface area (Å²) < 4.78 is 13.0. The number of amides is 2. The lowest BCUT2D eigenvalue weighted by atomic mass is 10.0. The molecule has 0 saturated carbocycles. The second kappa shape index (κ2) is 7.21. The number of hydrogen-bond acceptors (Lipinski definition) is 3. The Morgan fingerprint density at radius 3 is 2.79 bits per heavy atom. The van der Waals surface area contributed by atoms with Crippen molar-refractivity contribution in [1.29, 1.82) is 0 Å². The quantitative estimate of drug-likeness (QED) is 0.900. The van der Waals surface area contributed by atoms with Crippen molar-refractivity contribution >= 4 is 11.8 Å². The molecule has 124 valence electrons. The van der Waals surface area contributed by atoms with Crippen molar-refractivity contribution in [2.45, 2.75) is 25.3 Å². The minimum Gasteiger partial charge on any atom is -0.354 e. The minimum absolute atomic E-state index is 0.148. The number of hydrogen-bond donors (Lipinski definition) is 2. The van der Waals surface area contributed by atoms with Gasteiger partial charge in [0.1, 0.15) is 11.9 Å². The summed E-state index contributed by atoms with van der Waals surface area (Å²) >= 11 is 0. The number of nitrogens with one attached hydrogen (secondary N) is 2. The van der Waals surface area contributed by atoms with Gasteiger partial charge in [-0.25, -0.2) is 4.39 Å². The van der Waals surface area contributed by atoms with Crippen LogP contribution in [-0.2, 0) is 11.2 Å². The molecular formula is C18H18FN3O2. The van der Waals surface area contributed by atoms with E-state index in [1.807, 2.05) is 0 Å². The molecule has 2 amide bonds. The zero-order valence-electron chi connectivity index (χ0n) is 13.1. The van der Waals surface area contributed by atoms with Crippen LogP contribution < -0.4 is 10.6 Å². The molecule has 1 atom stereocenters. The van der Waals surface area contributed by atoms with E-state index in [1.54, 1.807) is 24.4 Å². The van der Waals surface area contributed by atoms with Crippen molar-refractivity contribution in [3.8, 4) is 0 Å². The predicted molar refractivity (Wildman–Crippen MR) is 86.9 cm³/mol. The van der Waals surface area contributed by atoms with Crippen LogP contribution in [-0.4, -0.2) is 29.4 Å². The van der Waals surface area contributed by atoms with Crippen LogP contribution in [0.3, 0.4) is 0 Å². The molecule has 0 radical (unpaired) electrons. The van der Waals surface area contributed by atoms with Gasteiger partial charge < -0.3 is 10.6 Å². The third-order valence-electron chi connectivity index (χ3n) is 3.97. The number of pyridine rings is 1. The summed E-state index contributed by atoms with van der Waals surface area (Å²) in [6.45, 7) is 0.653. The lowest BCUT2D eigenvalue weighted by molar-refractivity contribution is -0.124. The summed E-state index contributed by atoms with van der Waals surface area (Å²) in [5.41, 5.74) is 2.19. The van der Waals surface area contributed by atoms with Crippen LogP contribution in [0, 0.1) is 5.82 Å². The molecule has 1 fully saturated rings. The maximum Gasteiger partial charge on any atom is 0.253 e. The average Bonchev–Trinajstić information content (AvgIpc) is 2.59. The Hall–Kier alpha value is -2.76. The topological polar surface area (TPSA) is 71.1 Å². The zero-order chi connectivity index (χ0) is 16.9. The first-order valence-corrected chi connectivity index (χ1v) is 7.89. The molecular weight excluding hydrogens is 309 g/mol. The lowest BCUT2D eigenvalue weighted by Gasteiger charge is -2.22. The Morgan fingerprint density at radius 2 is 2.04 bits per heavy atom. The number of rotatable bonds is 4. The van der Waals surface area contributed by atoms with Crippen molar-refractivity contribution < 1.29 is 14.0 Å². The summed E-state index contributed by atoms with van der Waals surface area (Å²) in [4.78, 5) is 28.1. The fourth-order valence-electron chi connectivity index (χ4n) is 2.70. The number of piperidine rings is 1. The summed E-state index contributed by atoms with van der Waals surface area (Å²) in [6.07, 6.45) is 5.19. The highest BCUT2D eigenvalue weighted by Crippen LogP contribution is 2.12. The highest BCUT2D eigenvalue weighted by Gasteiger charge is 2.24. The highest BCUT2D eigenvalue weighted by molar-refractivity contribution is 5.97. The Bertz CT molecular complexity index is 746. The van der Waals surface area contributed by atoms with Crippen molar-refractivity contribution in [1.82, 2.24) is 15.6 Å². The fourth-order valence-corrected chi connectivity index (χ4v) is 2.70. The Kier molecular flexibility index (Phi) is 4.84. The molecule has 1 saturated heterocycles. The van der Waals surface area contributed by atoms with Crippen LogP contribution in [0.2, 0.25) is 0 Å². The largest absolute Gasteiger partial charge is 0.354 e. The Morgan fingerprint density at radius 1 is 1.25 bits per heavy atom. The van der Waals surface area contributed by atoms with E-state index in [0.29, 0.717) is 24.9 Å². The second-order valence-corrected chi connectivity index (χ2v) is 5.84. The van der Waals surface area contributed by atoms with Gasteiger partial charge in [-0.3, -0.25) is 14.6 Å². The first kappa shape index (κ1) is 16.1. The van der Waals surface area contributed by atoms with Crippen LogP contribution in [0.15, 0.2) is 42.7 Å². The molecule has 0 aliphatic carbocycles. The van der Waals surface area contributed by atoms with Crippen LogP contribution in [0.4, 0.5) is 4.39 Å². The number of nitrogens with zero attached hydrogens (tertiary/aromatic N) is 1. The SMILES string of the molecule is O=C(NC1CCCNC1=O)c1cncc(Cc2ccc(F)cc2)c1. The highest BCUT2D eigenvalue weighted by atomic mass is 19.1. The molecule has 24 heavy (non-hydrogen) atoms. The van der Waals surface area contributed by atoms with Gasteiger partial charge in [-0.15, -0.1) is 0 Å². The maximum atomic E-state index is 13.0. The van der Waals surface area contributed by atoms with Gasteiger partial charge in [-0.1, -0.05) is 12.1 Å². The summed E-state index contributed by atoms with van der Waals surface area (Å²) in [5.74, 6) is -0.744.